The molecule has 2 aromatic rings. The maximum absolute atomic E-state index is 11.9. The van der Waals surface area contributed by atoms with E-state index in [0.717, 1.165) is 18.4 Å². The third kappa shape index (κ3) is 1.27. The summed E-state index contributed by atoms with van der Waals surface area (Å²) in [7, 11) is 0. The molecule has 1 heteroatoms. The largest absolute Gasteiger partial charge is 0.294 e. The van der Waals surface area contributed by atoms with Gasteiger partial charge in [-0.15, -0.1) is 0 Å². The zero-order valence-electron chi connectivity index (χ0n) is 8.49. The van der Waals surface area contributed by atoms with E-state index in [-0.39, 0.29) is 0 Å². The highest BCUT2D eigenvalue weighted by atomic mass is 16.1. The topological polar surface area (TPSA) is 17.1 Å². The van der Waals surface area contributed by atoms with Crippen molar-refractivity contribution in [3.63, 3.8) is 0 Å². The number of ketones is 1. The van der Waals surface area contributed by atoms with Crippen LogP contribution in [0.15, 0.2) is 36.4 Å². The first-order valence-electron chi connectivity index (χ1n) is 5.40. The Kier molecular flexibility index (Phi) is 1.84. The number of hydrogen-bond acceptors (Lipinski definition) is 1. The van der Waals surface area contributed by atoms with E-state index in [1.807, 2.05) is 12.1 Å². The average Bonchev–Trinajstić information content (AvgIpc) is 2.42. The first-order chi connectivity index (χ1) is 7.36. The van der Waals surface area contributed by atoms with E-state index in [4.69, 9.17) is 0 Å². The van der Waals surface area contributed by atoms with Crippen LogP contribution in [-0.2, 0) is 6.42 Å². The standard InChI is InChI=1S/C14H12O/c15-13-9-3-7-11-5-1-4-10-6-2-8-12(13)14(10)11/h1-2,4-6,8H,3,7,9H2. The van der Waals surface area contributed by atoms with Gasteiger partial charge in [-0.3, -0.25) is 4.79 Å². The lowest BCUT2D eigenvalue weighted by atomic mass is 9.98. The number of Topliss-reactive ketones (excluding diaryl/α,β-unsaturated/α-hetero) is 1. The lowest BCUT2D eigenvalue weighted by molar-refractivity contribution is 0.0983. The maximum Gasteiger partial charge on any atom is 0.163 e. The summed E-state index contributed by atoms with van der Waals surface area (Å²) in [4.78, 5) is 11.9. The third-order valence-corrected chi connectivity index (χ3v) is 3.14. The minimum absolute atomic E-state index is 0.297. The number of benzene rings is 2. The van der Waals surface area contributed by atoms with Gasteiger partial charge in [0.1, 0.15) is 0 Å². The molecule has 0 radical (unpaired) electrons. The maximum atomic E-state index is 11.9. The van der Waals surface area contributed by atoms with Gasteiger partial charge in [-0.25, -0.2) is 0 Å². The van der Waals surface area contributed by atoms with Gasteiger partial charge in [-0.05, 0) is 29.2 Å². The number of hydrogen-bond donors (Lipinski definition) is 0. The SMILES string of the molecule is O=C1CCCc2cccc3cccc1c23. The summed E-state index contributed by atoms with van der Waals surface area (Å²) in [6.07, 6.45) is 2.69. The van der Waals surface area contributed by atoms with Gasteiger partial charge in [-0.1, -0.05) is 36.4 Å². The summed E-state index contributed by atoms with van der Waals surface area (Å²) < 4.78 is 0. The minimum atomic E-state index is 0.297. The molecule has 0 atom stereocenters. The molecule has 0 amide bonds. The number of aryl methyl sites for hydroxylation is 1. The molecule has 3 rings (SSSR count). The van der Waals surface area contributed by atoms with Crippen LogP contribution in [0.5, 0.6) is 0 Å². The van der Waals surface area contributed by atoms with Crippen LogP contribution in [0.4, 0.5) is 0 Å². The second-order valence-electron chi connectivity index (χ2n) is 4.10. The second-order valence-corrected chi connectivity index (χ2v) is 4.10. The van der Waals surface area contributed by atoms with Crippen LogP contribution < -0.4 is 0 Å². The molecule has 0 spiro atoms. The minimum Gasteiger partial charge on any atom is -0.294 e. The Bertz CT molecular complexity index is 535. The summed E-state index contributed by atoms with van der Waals surface area (Å²) in [6.45, 7) is 0. The van der Waals surface area contributed by atoms with Crippen LogP contribution in [-0.4, -0.2) is 5.78 Å². The van der Waals surface area contributed by atoms with Gasteiger partial charge in [0.15, 0.2) is 5.78 Å². The van der Waals surface area contributed by atoms with Crippen molar-refractivity contribution >= 4 is 16.6 Å². The van der Waals surface area contributed by atoms with E-state index in [0.29, 0.717) is 12.2 Å². The van der Waals surface area contributed by atoms with Crippen molar-refractivity contribution in [1.29, 1.82) is 0 Å². The van der Waals surface area contributed by atoms with Gasteiger partial charge in [-0.2, -0.15) is 0 Å². The van der Waals surface area contributed by atoms with E-state index in [9.17, 15) is 4.79 Å². The molecule has 0 unspecified atom stereocenters. The molecule has 2 aromatic carbocycles. The van der Waals surface area contributed by atoms with Gasteiger partial charge in [0.25, 0.3) is 0 Å². The highest BCUT2D eigenvalue weighted by Crippen LogP contribution is 2.28. The van der Waals surface area contributed by atoms with E-state index >= 15 is 0 Å². The summed E-state index contributed by atoms with van der Waals surface area (Å²) in [5.41, 5.74) is 2.24. The summed E-state index contributed by atoms with van der Waals surface area (Å²) >= 11 is 0. The fourth-order valence-electron chi connectivity index (χ4n) is 2.43. The van der Waals surface area contributed by atoms with E-state index < -0.39 is 0 Å². The Labute approximate surface area is 88.7 Å². The molecule has 1 aliphatic carbocycles. The van der Waals surface area contributed by atoms with Crippen LogP contribution in [0, 0.1) is 0 Å². The molecule has 0 fully saturated rings. The Morgan fingerprint density at radius 3 is 2.60 bits per heavy atom. The molecule has 74 valence electrons. The predicted octanol–water partition coefficient (Wildman–Crippen LogP) is 3.36. The smallest absolute Gasteiger partial charge is 0.163 e. The van der Waals surface area contributed by atoms with Crippen LogP contribution in [0.1, 0.15) is 28.8 Å². The quantitative estimate of drug-likeness (QED) is 0.631. The highest BCUT2D eigenvalue weighted by Gasteiger charge is 2.16. The van der Waals surface area contributed by atoms with Crippen LogP contribution in [0.2, 0.25) is 0 Å². The molecule has 0 saturated heterocycles. The van der Waals surface area contributed by atoms with Gasteiger partial charge in [0.05, 0.1) is 0 Å². The fourth-order valence-corrected chi connectivity index (χ4v) is 2.43. The van der Waals surface area contributed by atoms with Crippen molar-refractivity contribution in [2.24, 2.45) is 0 Å². The summed E-state index contributed by atoms with van der Waals surface area (Å²) in [5.74, 6) is 0.297. The number of carbonyl (C=O) groups is 1. The van der Waals surface area contributed by atoms with Crippen molar-refractivity contribution in [2.45, 2.75) is 19.3 Å². The highest BCUT2D eigenvalue weighted by molar-refractivity contribution is 6.09. The zero-order valence-corrected chi connectivity index (χ0v) is 8.49. The van der Waals surface area contributed by atoms with Crippen LogP contribution in [0.25, 0.3) is 10.8 Å². The van der Waals surface area contributed by atoms with E-state index in [2.05, 4.69) is 24.3 Å². The van der Waals surface area contributed by atoms with E-state index in [1.54, 1.807) is 0 Å². The van der Waals surface area contributed by atoms with Gasteiger partial charge >= 0.3 is 0 Å². The predicted molar refractivity (Wildman–Crippen MR) is 61.2 cm³/mol. The Balaban J connectivity index is 2.46. The molecule has 0 aromatic heterocycles. The molecule has 1 nitrogen and oxygen atoms in total. The Morgan fingerprint density at radius 2 is 1.73 bits per heavy atom. The molecule has 0 heterocycles. The molecule has 0 aliphatic heterocycles. The summed E-state index contributed by atoms with van der Waals surface area (Å²) in [6, 6.07) is 12.3. The third-order valence-electron chi connectivity index (χ3n) is 3.14. The van der Waals surface area contributed by atoms with Crippen molar-refractivity contribution in [3.8, 4) is 0 Å². The second kappa shape index (κ2) is 3.20. The number of carbonyl (C=O) groups excluding carboxylic acids is 1. The van der Waals surface area contributed by atoms with Crippen LogP contribution in [0.3, 0.4) is 0 Å². The van der Waals surface area contributed by atoms with Crippen LogP contribution >= 0.6 is 0 Å². The van der Waals surface area contributed by atoms with Gasteiger partial charge in [0.2, 0.25) is 0 Å². The molecule has 0 saturated carbocycles. The fraction of sp³-hybridized carbons (Fsp3) is 0.214. The monoisotopic (exact) mass is 196 g/mol. The first kappa shape index (κ1) is 8.66. The molecular weight excluding hydrogens is 184 g/mol. The average molecular weight is 196 g/mol. The number of rotatable bonds is 0. The molecule has 1 aliphatic rings. The van der Waals surface area contributed by atoms with Crippen molar-refractivity contribution < 1.29 is 4.79 Å². The lowest BCUT2D eigenvalue weighted by Gasteiger charge is -2.06. The normalized spacial score (nSPS) is 15.3. The summed E-state index contributed by atoms with van der Waals surface area (Å²) in [5, 5.41) is 2.38. The zero-order chi connectivity index (χ0) is 10.3. The van der Waals surface area contributed by atoms with Gasteiger partial charge in [0, 0.05) is 12.0 Å². The molecule has 0 bridgehead atoms. The molecular formula is C14H12O. The van der Waals surface area contributed by atoms with Crippen molar-refractivity contribution in [2.75, 3.05) is 0 Å². The Hall–Kier alpha value is -1.63. The molecule has 0 N–H and O–H groups in total. The Morgan fingerprint density at radius 1 is 0.933 bits per heavy atom. The van der Waals surface area contributed by atoms with E-state index in [1.165, 1.54) is 16.3 Å². The van der Waals surface area contributed by atoms with Crippen molar-refractivity contribution in [3.05, 3.63) is 47.5 Å². The first-order valence-corrected chi connectivity index (χ1v) is 5.40. The molecule has 15 heavy (non-hydrogen) atoms. The van der Waals surface area contributed by atoms with Gasteiger partial charge < -0.3 is 0 Å². The lowest BCUT2D eigenvalue weighted by Crippen LogP contribution is -1.97. The van der Waals surface area contributed by atoms with Crippen molar-refractivity contribution in [1.82, 2.24) is 0 Å².